The SMILES string of the molecule is O=[N+]([O-])c1cccc(S(=O)(=O)N2CCN(C[C@@H](O)COc3ccc(-c4ccccc4)cc3)CC2)c1. The second kappa shape index (κ2) is 11.0. The van der Waals surface area contributed by atoms with Gasteiger partial charge in [0.2, 0.25) is 10.0 Å². The Hall–Kier alpha value is -3.31. The van der Waals surface area contributed by atoms with Crippen LogP contribution < -0.4 is 4.74 Å². The van der Waals surface area contributed by atoms with Gasteiger partial charge < -0.3 is 9.84 Å². The fraction of sp³-hybridized carbons (Fsp3) is 0.280. The first-order chi connectivity index (χ1) is 16.8. The number of sulfonamides is 1. The number of piperazine rings is 1. The van der Waals surface area contributed by atoms with Crippen molar-refractivity contribution in [2.24, 2.45) is 0 Å². The lowest BCUT2D eigenvalue weighted by molar-refractivity contribution is -0.385. The Kier molecular flexibility index (Phi) is 7.76. The van der Waals surface area contributed by atoms with E-state index in [1.165, 1.54) is 22.5 Å². The van der Waals surface area contributed by atoms with E-state index in [0.717, 1.165) is 17.2 Å². The number of non-ortho nitro benzene ring substituents is 1. The number of β-amino-alcohol motifs (C(OH)–C–C–N with tert-alkyl or cyclic N) is 1. The molecule has 0 unspecified atom stereocenters. The molecule has 1 aliphatic heterocycles. The van der Waals surface area contributed by atoms with E-state index in [4.69, 9.17) is 4.74 Å². The number of aliphatic hydroxyl groups is 1. The second-order valence-electron chi connectivity index (χ2n) is 8.31. The normalized spacial score (nSPS) is 16.0. The highest BCUT2D eigenvalue weighted by Crippen LogP contribution is 2.23. The molecule has 1 aliphatic rings. The summed E-state index contributed by atoms with van der Waals surface area (Å²) in [5, 5.41) is 21.4. The summed E-state index contributed by atoms with van der Waals surface area (Å²) in [5.74, 6) is 0.664. The Balaban J connectivity index is 1.25. The molecule has 1 fully saturated rings. The summed E-state index contributed by atoms with van der Waals surface area (Å²) in [7, 11) is -3.82. The molecule has 3 aromatic carbocycles. The predicted octanol–water partition coefficient (Wildman–Crippen LogP) is 3.01. The van der Waals surface area contributed by atoms with Crippen molar-refractivity contribution in [3.63, 3.8) is 0 Å². The number of nitro benzene ring substituents is 1. The van der Waals surface area contributed by atoms with Gasteiger partial charge in [-0.15, -0.1) is 0 Å². The highest BCUT2D eigenvalue weighted by molar-refractivity contribution is 7.89. The molecule has 0 aliphatic carbocycles. The molecule has 0 spiro atoms. The molecule has 0 aromatic heterocycles. The first-order valence-corrected chi connectivity index (χ1v) is 12.7. The Morgan fingerprint density at radius 2 is 1.57 bits per heavy atom. The van der Waals surface area contributed by atoms with Crippen LogP contribution in [0.3, 0.4) is 0 Å². The van der Waals surface area contributed by atoms with Crippen LogP contribution in [0.4, 0.5) is 5.69 Å². The van der Waals surface area contributed by atoms with Crippen LogP contribution in [0.25, 0.3) is 11.1 Å². The van der Waals surface area contributed by atoms with Crippen molar-refractivity contribution in [2.45, 2.75) is 11.0 Å². The van der Waals surface area contributed by atoms with Gasteiger partial charge >= 0.3 is 0 Å². The third kappa shape index (κ3) is 6.23. The average Bonchev–Trinajstić information content (AvgIpc) is 2.89. The fourth-order valence-corrected chi connectivity index (χ4v) is 5.44. The number of rotatable bonds is 9. The molecule has 3 aromatic rings. The van der Waals surface area contributed by atoms with Crippen molar-refractivity contribution < 1.29 is 23.2 Å². The van der Waals surface area contributed by atoms with E-state index in [9.17, 15) is 23.6 Å². The molecule has 0 radical (unpaired) electrons. The Morgan fingerprint density at radius 1 is 0.914 bits per heavy atom. The quantitative estimate of drug-likeness (QED) is 0.357. The first kappa shape index (κ1) is 24.8. The van der Waals surface area contributed by atoms with Crippen LogP contribution >= 0.6 is 0 Å². The van der Waals surface area contributed by atoms with Crippen LogP contribution in [-0.2, 0) is 10.0 Å². The van der Waals surface area contributed by atoms with Crippen molar-refractivity contribution in [1.82, 2.24) is 9.21 Å². The zero-order valence-electron chi connectivity index (χ0n) is 19.1. The molecule has 0 bridgehead atoms. The molecule has 0 saturated carbocycles. The van der Waals surface area contributed by atoms with Gasteiger partial charge in [0.25, 0.3) is 5.69 Å². The van der Waals surface area contributed by atoms with Gasteiger partial charge in [-0.2, -0.15) is 4.31 Å². The maximum absolute atomic E-state index is 12.9. The van der Waals surface area contributed by atoms with Crippen molar-refractivity contribution in [1.29, 1.82) is 0 Å². The predicted molar refractivity (Wildman–Crippen MR) is 132 cm³/mol. The van der Waals surface area contributed by atoms with Gasteiger partial charge in [-0.1, -0.05) is 48.5 Å². The minimum Gasteiger partial charge on any atom is -0.491 e. The fourth-order valence-electron chi connectivity index (χ4n) is 3.98. The summed E-state index contributed by atoms with van der Waals surface area (Å²) in [4.78, 5) is 12.3. The molecule has 10 heteroatoms. The van der Waals surface area contributed by atoms with Gasteiger partial charge in [0.15, 0.2) is 0 Å². The molecule has 9 nitrogen and oxygen atoms in total. The van der Waals surface area contributed by atoms with Gasteiger partial charge in [-0.05, 0) is 29.3 Å². The molecule has 35 heavy (non-hydrogen) atoms. The van der Waals surface area contributed by atoms with Crippen molar-refractivity contribution in [2.75, 3.05) is 39.3 Å². The lowest BCUT2D eigenvalue weighted by Gasteiger charge is -2.34. The molecule has 1 N–H and O–H groups in total. The largest absolute Gasteiger partial charge is 0.491 e. The van der Waals surface area contributed by atoms with Crippen LogP contribution in [0.15, 0.2) is 83.8 Å². The van der Waals surface area contributed by atoms with Gasteiger partial charge in [0.1, 0.15) is 18.5 Å². The Labute approximate surface area is 204 Å². The van der Waals surface area contributed by atoms with E-state index in [0.29, 0.717) is 25.4 Å². The number of nitro groups is 1. The summed E-state index contributed by atoms with van der Waals surface area (Å²) in [6.07, 6.45) is -0.733. The van der Waals surface area contributed by atoms with Crippen LogP contribution in [0.5, 0.6) is 5.75 Å². The maximum Gasteiger partial charge on any atom is 0.270 e. The number of hydrogen-bond acceptors (Lipinski definition) is 7. The van der Waals surface area contributed by atoms with E-state index < -0.39 is 21.1 Å². The minimum absolute atomic E-state index is 0.0909. The molecule has 1 heterocycles. The van der Waals surface area contributed by atoms with Gasteiger partial charge in [-0.25, -0.2) is 8.42 Å². The van der Waals surface area contributed by atoms with E-state index in [-0.39, 0.29) is 30.3 Å². The van der Waals surface area contributed by atoms with Gasteiger partial charge in [0, 0.05) is 44.9 Å². The molecular weight excluding hydrogens is 470 g/mol. The van der Waals surface area contributed by atoms with Crippen molar-refractivity contribution >= 4 is 15.7 Å². The van der Waals surface area contributed by atoms with E-state index >= 15 is 0 Å². The van der Waals surface area contributed by atoms with Crippen molar-refractivity contribution in [3.8, 4) is 16.9 Å². The average molecular weight is 498 g/mol. The summed E-state index contributed by atoms with van der Waals surface area (Å²) >= 11 is 0. The summed E-state index contributed by atoms with van der Waals surface area (Å²) in [6.45, 7) is 1.83. The zero-order chi connectivity index (χ0) is 24.8. The number of benzene rings is 3. The van der Waals surface area contributed by atoms with Crippen molar-refractivity contribution in [3.05, 3.63) is 89.0 Å². The zero-order valence-corrected chi connectivity index (χ0v) is 19.9. The standard InChI is InChI=1S/C25H27N3O6S/c29-23(19-34-24-11-9-21(10-12-24)20-5-2-1-3-6-20)18-26-13-15-27(16-14-26)35(32,33)25-8-4-7-22(17-25)28(30)31/h1-12,17,23,29H,13-16,18-19H2/t23-/m1/s1. The molecule has 1 atom stereocenters. The molecular formula is C25H27N3O6S. The Bertz CT molecular complexity index is 1240. The smallest absolute Gasteiger partial charge is 0.270 e. The maximum atomic E-state index is 12.9. The highest BCUT2D eigenvalue weighted by Gasteiger charge is 2.30. The topological polar surface area (TPSA) is 113 Å². The van der Waals surface area contributed by atoms with Crippen LogP contribution in [-0.4, -0.2) is 73.1 Å². The molecule has 1 saturated heterocycles. The molecule has 4 rings (SSSR count). The first-order valence-electron chi connectivity index (χ1n) is 11.3. The number of nitrogens with zero attached hydrogens (tertiary/aromatic N) is 3. The lowest BCUT2D eigenvalue weighted by Crippen LogP contribution is -2.50. The number of aliphatic hydroxyl groups excluding tert-OH is 1. The van der Waals surface area contributed by atoms with Crippen LogP contribution in [0.1, 0.15) is 0 Å². The summed E-state index contributed by atoms with van der Waals surface area (Å²) in [6, 6.07) is 22.8. The number of ether oxygens (including phenoxy) is 1. The van der Waals surface area contributed by atoms with E-state index in [2.05, 4.69) is 0 Å². The summed E-state index contributed by atoms with van der Waals surface area (Å²) in [5.41, 5.74) is 1.93. The number of hydrogen-bond donors (Lipinski definition) is 1. The minimum atomic E-state index is -3.82. The third-order valence-electron chi connectivity index (χ3n) is 5.87. The lowest BCUT2D eigenvalue weighted by atomic mass is 10.1. The Morgan fingerprint density at radius 3 is 2.23 bits per heavy atom. The monoisotopic (exact) mass is 497 g/mol. The molecule has 184 valence electrons. The van der Waals surface area contributed by atoms with Gasteiger partial charge in [0.05, 0.1) is 9.82 Å². The summed E-state index contributed by atoms with van der Waals surface area (Å²) < 4.78 is 32.8. The second-order valence-corrected chi connectivity index (χ2v) is 10.3. The molecule has 0 amide bonds. The van der Waals surface area contributed by atoms with Gasteiger partial charge in [-0.3, -0.25) is 15.0 Å². The van der Waals surface area contributed by atoms with E-state index in [1.54, 1.807) is 0 Å². The van der Waals surface area contributed by atoms with E-state index in [1.807, 2.05) is 59.5 Å². The van der Waals surface area contributed by atoms with Crippen LogP contribution in [0.2, 0.25) is 0 Å². The third-order valence-corrected chi connectivity index (χ3v) is 7.76. The highest BCUT2D eigenvalue weighted by atomic mass is 32.2. The van der Waals surface area contributed by atoms with Crippen LogP contribution in [0, 0.1) is 10.1 Å².